The van der Waals surface area contributed by atoms with Crippen LogP contribution in [0, 0.1) is 0 Å². The van der Waals surface area contributed by atoms with Crippen LogP contribution in [-0.2, 0) is 11.3 Å². The van der Waals surface area contributed by atoms with Crippen molar-refractivity contribution in [1.82, 2.24) is 4.90 Å². The lowest BCUT2D eigenvalue weighted by molar-refractivity contribution is -0.124. The van der Waals surface area contributed by atoms with Gasteiger partial charge < -0.3 is 4.42 Å². The van der Waals surface area contributed by atoms with Crippen molar-refractivity contribution in [2.75, 3.05) is 5.75 Å². The summed E-state index contributed by atoms with van der Waals surface area (Å²) in [6, 6.07) is 17.9. The van der Waals surface area contributed by atoms with Crippen molar-refractivity contribution in [3.8, 4) is 0 Å². The van der Waals surface area contributed by atoms with E-state index < -0.39 is 0 Å². The van der Waals surface area contributed by atoms with Gasteiger partial charge in [0.15, 0.2) is 5.17 Å². The second-order valence-electron chi connectivity index (χ2n) is 5.55. The molecule has 1 saturated heterocycles. The number of carbonyl (C=O) groups is 1. The van der Waals surface area contributed by atoms with Gasteiger partial charge in [0.2, 0.25) is 5.91 Å². The molecule has 1 aromatic heterocycles. The first-order valence-electron chi connectivity index (χ1n) is 7.85. The van der Waals surface area contributed by atoms with E-state index in [0.29, 0.717) is 23.2 Å². The molecular weight excluding hydrogens is 334 g/mol. The first-order valence-corrected chi connectivity index (χ1v) is 8.84. The first kappa shape index (κ1) is 15.7. The zero-order valence-electron chi connectivity index (χ0n) is 13.3. The van der Waals surface area contributed by atoms with Crippen LogP contribution >= 0.6 is 11.8 Å². The molecule has 0 spiro atoms. The van der Waals surface area contributed by atoms with Crippen LogP contribution in [0.25, 0.3) is 10.8 Å². The molecule has 0 aliphatic carbocycles. The van der Waals surface area contributed by atoms with E-state index in [-0.39, 0.29) is 5.91 Å². The maximum absolute atomic E-state index is 12.3. The molecule has 5 nitrogen and oxygen atoms in total. The van der Waals surface area contributed by atoms with Crippen LogP contribution < -0.4 is 0 Å². The Morgan fingerprint density at radius 2 is 2.00 bits per heavy atom. The van der Waals surface area contributed by atoms with E-state index in [1.807, 2.05) is 24.3 Å². The highest BCUT2D eigenvalue weighted by Crippen LogP contribution is 2.25. The summed E-state index contributed by atoms with van der Waals surface area (Å²) in [7, 11) is 0. The predicted octanol–water partition coefficient (Wildman–Crippen LogP) is 3.90. The van der Waals surface area contributed by atoms with Gasteiger partial charge in [0.05, 0.1) is 24.8 Å². The average Bonchev–Trinajstić information content (AvgIpc) is 3.27. The van der Waals surface area contributed by atoms with Gasteiger partial charge in [0, 0.05) is 0 Å². The van der Waals surface area contributed by atoms with Gasteiger partial charge in [-0.2, -0.15) is 5.10 Å². The number of fused-ring (bicyclic) bond motifs is 1. The van der Waals surface area contributed by atoms with Gasteiger partial charge in [0.25, 0.3) is 0 Å². The lowest BCUT2D eigenvalue weighted by Crippen LogP contribution is -2.28. The predicted molar refractivity (Wildman–Crippen MR) is 101 cm³/mol. The summed E-state index contributed by atoms with van der Waals surface area (Å²) in [6.07, 6.45) is 3.11. The van der Waals surface area contributed by atoms with Crippen molar-refractivity contribution in [2.24, 2.45) is 10.2 Å². The molecule has 2 aromatic carbocycles. The molecular formula is C19H15N3O2S. The molecule has 6 heteroatoms. The Morgan fingerprint density at radius 1 is 1.12 bits per heavy atom. The zero-order valence-corrected chi connectivity index (χ0v) is 14.1. The number of thioether (sulfide) groups is 1. The summed E-state index contributed by atoms with van der Waals surface area (Å²) in [5.41, 5.74) is 1.09. The normalized spacial score (nSPS) is 16.6. The Morgan fingerprint density at radius 3 is 2.88 bits per heavy atom. The number of rotatable bonds is 4. The third-order valence-corrected chi connectivity index (χ3v) is 4.89. The molecule has 0 unspecified atom stereocenters. The number of furan rings is 1. The smallest absolute Gasteiger partial charge is 0.239 e. The molecule has 0 bridgehead atoms. The van der Waals surface area contributed by atoms with Gasteiger partial charge in [-0.05, 0) is 28.5 Å². The Hall–Kier alpha value is -2.86. The van der Waals surface area contributed by atoms with Gasteiger partial charge in [-0.1, -0.05) is 54.2 Å². The van der Waals surface area contributed by atoms with E-state index in [1.165, 1.54) is 18.0 Å². The van der Waals surface area contributed by atoms with Crippen molar-refractivity contribution in [3.63, 3.8) is 0 Å². The third kappa shape index (κ3) is 3.34. The highest BCUT2D eigenvalue weighted by Gasteiger charge is 2.28. The fraction of sp³-hybridized carbons (Fsp3) is 0.105. The summed E-state index contributed by atoms with van der Waals surface area (Å²) in [4.78, 5) is 14.0. The Balaban J connectivity index is 1.60. The molecule has 4 rings (SSSR count). The maximum atomic E-state index is 12.3. The molecule has 1 fully saturated rings. The minimum Gasteiger partial charge on any atom is -0.463 e. The number of amidine groups is 1. The lowest BCUT2D eigenvalue weighted by Gasteiger charge is -2.16. The number of amides is 1. The van der Waals surface area contributed by atoms with Crippen LogP contribution in [0.1, 0.15) is 11.3 Å². The van der Waals surface area contributed by atoms with Crippen molar-refractivity contribution < 1.29 is 9.21 Å². The fourth-order valence-corrected chi connectivity index (χ4v) is 3.56. The van der Waals surface area contributed by atoms with Gasteiger partial charge in [-0.25, -0.2) is 0 Å². The van der Waals surface area contributed by atoms with Crippen molar-refractivity contribution >= 4 is 39.8 Å². The highest BCUT2D eigenvalue weighted by atomic mass is 32.2. The van der Waals surface area contributed by atoms with E-state index in [1.54, 1.807) is 23.3 Å². The third-order valence-electron chi connectivity index (χ3n) is 3.94. The number of hydrogen-bond donors (Lipinski definition) is 0. The van der Waals surface area contributed by atoms with E-state index in [4.69, 9.17) is 4.42 Å². The van der Waals surface area contributed by atoms with E-state index in [9.17, 15) is 4.79 Å². The molecule has 0 atom stereocenters. The van der Waals surface area contributed by atoms with Crippen molar-refractivity contribution in [3.05, 3.63) is 72.2 Å². The fourth-order valence-electron chi connectivity index (χ4n) is 2.73. The van der Waals surface area contributed by atoms with Crippen molar-refractivity contribution in [2.45, 2.75) is 6.54 Å². The molecule has 1 aliphatic rings. The monoisotopic (exact) mass is 349 g/mol. The molecule has 1 amide bonds. The summed E-state index contributed by atoms with van der Waals surface area (Å²) in [6.45, 7) is 0.488. The molecule has 25 heavy (non-hydrogen) atoms. The van der Waals surface area contributed by atoms with E-state index in [2.05, 4.69) is 28.4 Å². The standard InChI is InChI=1S/C19H15N3O2S/c23-18-13-25-19(21-20-11-16-8-4-10-24-16)22(18)12-15-7-3-6-14-5-1-2-9-17(14)15/h1-11H,12-13H2/b20-11-,21-19-. The summed E-state index contributed by atoms with van der Waals surface area (Å²) in [5, 5.41) is 11.2. The minimum absolute atomic E-state index is 0.0462. The molecule has 0 N–H and O–H groups in total. The molecule has 0 radical (unpaired) electrons. The zero-order chi connectivity index (χ0) is 17.1. The van der Waals surface area contributed by atoms with Crippen LogP contribution in [0.3, 0.4) is 0 Å². The summed E-state index contributed by atoms with van der Waals surface area (Å²) >= 11 is 1.40. The lowest BCUT2D eigenvalue weighted by atomic mass is 10.0. The van der Waals surface area contributed by atoms with Gasteiger partial charge in [-0.3, -0.25) is 9.69 Å². The van der Waals surface area contributed by atoms with Gasteiger partial charge >= 0.3 is 0 Å². The molecule has 1 aliphatic heterocycles. The Bertz CT molecular complexity index is 958. The molecule has 124 valence electrons. The van der Waals surface area contributed by atoms with Crippen LogP contribution in [0.5, 0.6) is 0 Å². The van der Waals surface area contributed by atoms with Crippen LogP contribution in [0.2, 0.25) is 0 Å². The van der Waals surface area contributed by atoms with Crippen molar-refractivity contribution in [1.29, 1.82) is 0 Å². The number of benzene rings is 2. The Kier molecular flexibility index (Phi) is 4.35. The van der Waals surface area contributed by atoms with Crippen LogP contribution in [0.4, 0.5) is 0 Å². The topological polar surface area (TPSA) is 58.2 Å². The molecule has 3 aromatic rings. The van der Waals surface area contributed by atoms with Crippen LogP contribution in [-0.4, -0.2) is 27.9 Å². The van der Waals surface area contributed by atoms with E-state index in [0.717, 1.165) is 16.3 Å². The first-order chi connectivity index (χ1) is 12.3. The van der Waals surface area contributed by atoms with Gasteiger partial charge in [0.1, 0.15) is 5.76 Å². The van der Waals surface area contributed by atoms with E-state index >= 15 is 0 Å². The van der Waals surface area contributed by atoms with Crippen LogP contribution in [0.15, 0.2) is 75.5 Å². The SMILES string of the molecule is O=C1CS/C(=N\N=C/c2ccco2)N1Cc1cccc2ccccc12. The average molecular weight is 349 g/mol. The quantitative estimate of drug-likeness (QED) is 0.530. The summed E-state index contributed by atoms with van der Waals surface area (Å²) < 4.78 is 5.18. The largest absolute Gasteiger partial charge is 0.463 e. The minimum atomic E-state index is 0.0462. The second-order valence-corrected chi connectivity index (χ2v) is 6.49. The Labute approximate surface area is 149 Å². The number of carbonyl (C=O) groups excluding carboxylic acids is 1. The highest BCUT2D eigenvalue weighted by molar-refractivity contribution is 8.15. The number of nitrogens with zero attached hydrogens (tertiary/aromatic N) is 3. The number of hydrogen-bond acceptors (Lipinski definition) is 5. The molecule has 0 saturated carbocycles. The second kappa shape index (κ2) is 6.94. The van der Waals surface area contributed by atoms with Gasteiger partial charge in [-0.15, -0.1) is 5.10 Å². The summed E-state index contributed by atoms with van der Waals surface area (Å²) in [5.74, 6) is 1.06. The maximum Gasteiger partial charge on any atom is 0.239 e. The molecule has 2 heterocycles.